The summed E-state index contributed by atoms with van der Waals surface area (Å²) in [4.78, 5) is 0.816. The van der Waals surface area contributed by atoms with E-state index in [1.165, 1.54) is 5.56 Å². The Balaban J connectivity index is 1.70. The van der Waals surface area contributed by atoms with Crippen LogP contribution in [0, 0.1) is 6.92 Å². The summed E-state index contributed by atoms with van der Waals surface area (Å²) < 4.78 is 18.2. The van der Waals surface area contributed by atoms with Crippen LogP contribution in [0.4, 0.5) is 5.69 Å². The fraction of sp³-hybridized carbons (Fsp3) is 0.250. The molecule has 2 aromatic rings. The van der Waals surface area contributed by atoms with Crippen molar-refractivity contribution in [1.82, 2.24) is 0 Å². The summed E-state index contributed by atoms with van der Waals surface area (Å²) in [6.07, 6.45) is 0.821. The number of benzene rings is 2. The second-order valence-electron chi connectivity index (χ2n) is 5.08. The molecular weight excluding hydrogens is 270 g/mol. The predicted molar refractivity (Wildman–Crippen MR) is 81.4 cm³/mol. The minimum Gasteiger partial charge on any atom is -0.489 e. The molecule has 0 radical (unpaired) electrons. The molecule has 20 heavy (non-hydrogen) atoms. The van der Waals surface area contributed by atoms with Crippen LogP contribution in [0.5, 0.6) is 5.75 Å². The zero-order valence-electron chi connectivity index (χ0n) is 11.3. The van der Waals surface area contributed by atoms with Gasteiger partial charge in [0.25, 0.3) is 0 Å². The molecule has 1 heterocycles. The van der Waals surface area contributed by atoms with Crippen molar-refractivity contribution in [2.24, 2.45) is 0 Å². The van der Waals surface area contributed by atoms with Crippen LogP contribution >= 0.6 is 0 Å². The Morgan fingerprint density at radius 3 is 2.85 bits per heavy atom. The molecule has 1 aliphatic heterocycles. The number of rotatable bonds is 3. The van der Waals surface area contributed by atoms with Gasteiger partial charge in [-0.2, -0.15) is 0 Å². The lowest BCUT2D eigenvalue weighted by Crippen LogP contribution is -2.21. The second kappa shape index (κ2) is 5.29. The zero-order valence-corrected chi connectivity index (χ0v) is 12.2. The van der Waals surface area contributed by atoms with Crippen LogP contribution in [0.25, 0.3) is 0 Å². The molecule has 0 bridgehead atoms. The molecule has 2 unspecified atom stereocenters. The molecule has 0 aliphatic carbocycles. The van der Waals surface area contributed by atoms with E-state index in [4.69, 9.17) is 10.5 Å². The van der Waals surface area contributed by atoms with E-state index in [-0.39, 0.29) is 6.10 Å². The Morgan fingerprint density at radius 1 is 1.30 bits per heavy atom. The van der Waals surface area contributed by atoms with Gasteiger partial charge in [-0.05, 0) is 42.3 Å². The topological polar surface area (TPSA) is 52.3 Å². The lowest BCUT2D eigenvalue weighted by molar-refractivity contribution is 0.258. The normalized spacial score (nSPS) is 18.4. The molecule has 0 fully saturated rings. The maximum absolute atomic E-state index is 12.4. The highest BCUT2D eigenvalue weighted by Gasteiger charge is 2.24. The fourth-order valence-electron chi connectivity index (χ4n) is 2.40. The van der Waals surface area contributed by atoms with Crippen LogP contribution in [-0.4, -0.2) is 16.1 Å². The van der Waals surface area contributed by atoms with E-state index in [1.54, 1.807) is 0 Å². The van der Waals surface area contributed by atoms with Crippen LogP contribution in [0.2, 0.25) is 0 Å². The van der Waals surface area contributed by atoms with E-state index >= 15 is 0 Å². The number of para-hydroxylation sites is 1. The third-order valence-electron chi connectivity index (χ3n) is 3.56. The van der Waals surface area contributed by atoms with Gasteiger partial charge in [0.15, 0.2) is 0 Å². The minimum atomic E-state index is -1.06. The fourth-order valence-corrected chi connectivity index (χ4v) is 3.65. The van der Waals surface area contributed by atoms with Crippen LogP contribution in [0.3, 0.4) is 0 Å². The Kier molecular flexibility index (Phi) is 3.49. The summed E-state index contributed by atoms with van der Waals surface area (Å²) >= 11 is 0. The van der Waals surface area contributed by atoms with Gasteiger partial charge in [0.05, 0.1) is 16.6 Å². The molecule has 2 N–H and O–H groups in total. The smallest absolute Gasteiger partial charge is 0.123 e. The number of hydrogen-bond acceptors (Lipinski definition) is 3. The summed E-state index contributed by atoms with van der Waals surface area (Å²) in [5.74, 6) is 1.43. The van der Waals surface area contributed by atoms with Crippen molar-refractivity contribution >= 4 is 16.5 Å². The highest BCUT2D eigenvalue weighted by atomic mass is 32.2. The van der Waals surface area contributed by atoms with Gasteiger partial charge in [-0.1, -0.05) is 18.2 Å². The van der Waals surface area contributed by atoms with Crippen molar-refractivity contribution in [3.63, 3.8) is 0 Å². The van der Waals surface area contributed by atoms with E-state index in [0.717, 1.165) is 28.3 Å². The van der Waals surface area contributed by atoms with E-state index in [9.17, 15) is 4.21 Å². The molecular formula is C16H17NO2S. The third-order valence-corrected chi connectivity index (χ3v) is 5.01. The Hall–Kier alpha value is -1.81. The quantitative estimate of drug-likeness (QED) is 0.883. The van der Waals surface area contributed by atoms with Gasteiger partial charge >= 0.3 is 0 Å². The molecule has 2 aromatic carbocycles. The molecule has 0 saturated heterocycles. The standard InChI is InChI=1S/C16H17NO2S/c1-11-8-14(6-7-15(11)17)20(18)10-13-9-12-4-2-3-5-16(12)19-13/h2-8,13H,9-10,17H2,1H3. The van der Waals surface area contributed by atoms with Crippen molar-refractivity contribution < 1.29 is 8.95 Å². The Labute approximate surface area is 121 Å². The zero-order chi connectivity index (χ0) is 14.1. The SMILES string of the molecule is Cc1cc(S(=O)CC2Cc3ccccc3O2)ccc1N. The molecule has 0 saturated carbocycles. The van der Waals surface area contributed by atoms with Gasteiger partial charge in [-0.25, -0.2) is 0 Å². The van der Waals surface area contributed by atoms with Gasteiger partial charge in [-0.15, -0.1) is 0 Å². The van der Waals surface area contributed by atoms with E-state index in [0.29, 0.717) is 5.75 Å². The molecule has 1 aliphatic rings. The Morgan fingerprint density at radius 2 is 2.10 bits per heavy atom. The number of anilines is 1. The predicted octanol–water partition coefficient (Wildman–Crippen LogP) is 2.69. The molecule has 0 spiro atoms. The van der Waals surface area contributed by atoms with Gasteiger partial charge in [0.1, 0.15) is 11.9 Å². The summed E-state index contributed by atoms with van der Waals surface area (Å²) in [7, 11) is -1.06. The lowest BCUT2D eigenvalue weighted by Gasteiger charge is -2.11. The largest absolute Gasteiger partial charge is 0.489 e. The number of fused-ring (bicyclic) bond motifs is 1. The average molecular weight is 287 g/mol. The summed E-state index contributed by atoms with van der Waals surface area (Å²) in [5.41, 5.74) is 8.68. The van der Waals surface area contributed by atoms with Gasteiger partial charge in [-0.3, -0.25) is 4.21 Å². The van der Waals surface area contributed by atoms with Gasteiger partial charge in [0.2, 0.25) is 0 Å². The monoisotopic (exact) mass is 287 g/mol. The van der Waals surface area contributed by atoms with E-state index in [2.05, 4.69) is 6.07 Å². The van der Waals surface area contributed by atoms with Crippen LogP contribution < -0.4 is 10.5 Å². The number of hydrogen-bond donors (Lipinski definition) is 1. The summed E-state index contributed by atoms with van der Waals surface area (Å²) in [6.45, 7) is 1.93. The first-order chi connectivity index (χ1) is 9.63. The average Bonchev–Trinajstić information content (AvgIpc) is 2.83. The van der Waals surface area contributed by atoms with Crippen LogP contribution in [0.15, 0.2) is 47.4 Å². The summed E-state index contributed by atoms with van der Waals surface area (Å²) in [6, 6.07) is 13.5. The number of ether oxygens (including phenoxy) is 1. The number of aryl methyl sites for hydroxylation is 1. The number of nitrogen functional groups attached to an aromatic ring is 1. The highest BCUT2D eigenvalue weighted by molar-refractivity contribution is 7.85. The molecule has 0 amide bonds. The highest BCUT2D eigenvalue weighted by Crippen LogP contribution is 2.29. The first-order valence-corrected chi connectivity index (χ1v) is 7.94. The van der Waals surface area contributed by atoms with Gasteiger partial charge in [0, 0.05) is 17.0 Å². The molecule has 0 aromatic heterocycles. The van der Waals surface area contributed by atoms with Gasteiger partial charge < -0.3 is 10.5 Å². The van der Waals surface area contributed by atoms with Crippen molar-refractivity contribution in [3.05, 3.63) is 53.6 Å². The molecule has 3 nitrogen and oxygen atoms in total. The van der Waals surface area contributed by atoms with Crippen molar-refractivity contribution in [1.29, 1.82) is 0 Å². The summed E-state index contributed by atoms with van der Waals surface area (Å²) in [5, 5.41) is 0. The van der Waals surface area contributed by atoms with E-state index < -0.39 is 10.8 Å². The Bertz CT molecular complexity index is 644. The second-order valence-corrected chi connectivity index (χ2v) is 6.58. The first-order valence-electron chi connectivity index (χ1n) is 6.62. The third kappa shape index (κ3) is 2.56. The minimum absolute atomic E-state index is 0.00825. The number of nitrogens with two attached hydrogens (primary N) is 1. The molecule has 3 rings (SSSR count). The van der Waals surface area contributed by atoms with Crippen LogP contribution in [-0.2, 0) is 17.2 Å². The first kappa shape index (κ1) is 13.2. The van der Waals surface area contributed by atoms with Crippen molar-refractivity contribution in [3.8, 4) is 5.75 Å². The van der Waals surface area contributed by atoms with Crippen LogP contribution in [0.1, 0.15) is 11.1 Å². The maximum Gasteiger partial charge on any atom is 0.123 e. The maximum atomic E-state index is 12.4. The van der Waals surface area contributed by atoms with Crippen molar-refractivity contribution in [2.75, 3.05) is 11.5 Å². The van der Waals surface area contributed by atoms with Crippen molar-refractivity contribution in [2.45, 2.75) is 24.3 Å². The molecule has 4 heteroatoms. The lowest BCUT2D eigenvalue weighted by atomic mass is 10.1. The van der Waals surface area contributed by atoms with E-state index in [1.807, 2.05) is 43.3 Å². The molecule has 2 atom stereocenters. The molecule has 104 valence electrons.